The van der Waals surface area contributed by atoms with Crippen LogP contribution in [0, 0.1) is 0 Å². The molecule has 0 unspecified atom stereocenters. The maximum absolute atomic E-state index is 5.97. The molecule has 3 aromatic rings. The Labute approximate surface area is 154 Å². The summed E-state index contributed by atoms with van der Waals surface area (Å²) in [6.07, 6.45) is 8.70. The van der Waals surface area contributed by atoms with Gasteiger partial charge in [0.15, 0.2) is 0 Å². The normalized spacial score (nSPS) is 12.4. The number of halogens is 1. The monoisotopic (exact) mass is 369 g/mol. The highest BCUT2D eigenvalue weighted by atomic mass is 35.5. The van der Waals surface area contributed by atoms with Crippen molar-refractivity contribution in [2.75, 3.05) is 0 Å². The Hall–Kier alpha value is -2.63. The highest BCUT2D eigenvalue weighted by Gasteiger charge is 2.06. The molecule has 0 spiro atoms. The van der Waals surface area contributed by atoms with Gasteiger partial charge in [-0.15, -0.1) is 23.0 Å². The van der Waals surface area contributed by atoms with Gasteiger partial charge in [-0.3, -0.25) is 0 Å². The van der Waals surface area contributed by atoms with E-state index in [0.29, 0.717) is 11.6 Å². The molecule has 0 N–H and O–H groups in total. The SMILES string of the molecule is C=CCn1c(-c2ccc(Cl)cc2)cs\c1=N/N=C/C=C/c1ccco1. The maximum atomic E-state index is 5.97. The van der Waals surface area contributed by atoms with Crippen molar-refractivity contribution < 1.29 is 4.42 Å². The lowest BCUT2D eigenvalue weighted by Gasteiger charge is -2.06. The summed E-state index contributed by atoms with van der Waals surface area (Å²) >= 11 is 7.50. The zero-order valence-electron chi connectivity index (χ0n) is 13.4. The average molecular weight is 370 g/mol. The summed E-state index contributed by atoms with van der Waals surface area (Å²) in [7, 11) is 0. The smallest absolute Gasteiger partial charge is 0.211 e. The molecule has 0 radical (unpaired) electrons. The highest BCUT2D eigenvalue weighted by Crippen LogP contribution is 2.22. The molecule has 6 heteroatoms. The number of benzene rings is 1. The van der Waals surface area contributed by atoms with E-state index in [0.717, 1.165) is 21.8 Å². The molecule has 2 aromatic heterocycles. The molecular weight excluding hydrogens is 354 g/mol. The highest BCUT2D eigenvalue weighted by molar-refractivity contribution is 7.07. The minimum absolute atomic E-state index is 0.651. The van der Waals surface area contributed by atoms with Crippen LogP contribution in [0.3, 0.4) is 0 Å². The summed E-state index contributed by atoms with van der Waals surface area (Å²) in [5, 5.41) is 11.2. The van der Waals surface area contributed by atoms with Crippen LogP contribution in [0.2, 0.25) is 5.02 Å². The van der Waals surface area contributed by atoms with Gasteiger partial charge in [0.25, 0.3) is 0 Å². The van der Waals surface area contributed by atoms with Gasteiger partial charge in [0.1, 0.15) is 5.76 Å². The van der Waals surface area contributed by atoms with Gasteiger partial charge in [-0.1, -0.05) is 29.8 Å². The van der Waals surface area contributed by atoms with Crippen LogP contribution in [0.15, 0.2) is 81.4 Å². The fourth-order valence-corrected chi connectivity index (χ4v) is 3.21. The Morgan fingerprint density at radius 1 is 1.24 bits per heavy atom. The molecule has 0 fully saturated rings. The maximum Gasteiger partial charge on any atom is 0.211 e. The fraction of sp³-hybridized carbons (Fsp3) is 0.0526. The van der Waals surface area contributed by atoms with Crippen molar-refractivity contribution in [2.24, 2.45) is 10.2 Å². The largest absolute Gasteiger partial charge is 0.465 e. The number of hydrogen-bond acceptors (Lipinski definition) is 4. The fourth-order valence-electron chi connectivity index (χ4n) is 2.21. The van der Waals surface area contributed by atoms with Gasteiger partial charge in [-0.2, -0.15) is 5.10 Å². The summed E-state index contributed by atoms with van der Waals surface area (Å²) < 4.78 is 7.27. The first-order valence-electron chi connectivity index (χ1n) is 7.60. The molecule has 0 aliphatic heterocycles. The van der Waals surface area contributed by atoms with Crippen LogP contribution in [0.5, 0.6) is 0 Å². The quantitative estimate of drug-likeness (QED) is 0.332. The van der Waals surface area contributed by atoms with Crippen molar-refractivity contribution in [3.05, 3.63) is 82.4 Å². The Morgan fingerprint density at radius 2 is 2.08 bits per heavy atom. The first-order valence-corrected chi connectivity index (χ1v) is 8.86. The third-order valence-corrected chi connectivity index (χ3v) is 4.45. The van der Waals surface area contributed by atoms with Crippen LogP contribution in [-0.2, 0) is 6.54 Å². The molecule has 4 nitrogen and oxygen atoms in total. The summed E-state index contributed by atoms with van der Waals surface area (Å²) in [5.74, 6) is 0.773. The van der Waals surface area contributed by atoms with E-state index in [-0.39, 0.29) is 0 Å². The van der Waals surface area contributed by atoms with Crippen molar-refractivity contribution >= 4 is 35.2 Å². The number of aromatic nitrogens is 1. The van der Waals surface area contributed by atoms with Crippen molar-refractivity contribution in [3.63, 3.8) is 0 Å². The molecule has 2 heterocycles. The van der Waals surface area contributed by atoms with E-state index >= 15 is 0 Å². The predicted molar refractivity (Wildman–Crippen MR) is 105 cm³/mol. The van der Waals surface area contributed by atoms with Crippen LogP contribution >= 0.6 is 22.9 Å². The molecule has 0 bridgehead atoms. The third kappa shape index (κ3) is 4.47. The predicted octanol–water partition coefficient (Wildman–Crippen LogP) is 5.25. The molecule has 0 saturated heterocycles. The van der Waals surface area contributed by atoms with E-state index in [4.69, 9.17) is 16.0 Å². The lowest BCUT2D eigenvalue weighted by molar-refractivity contribution is 0.557. The molecule has 0 atom stereocenters. The standard InChI is InChI=1S/C19H16ClN3OS/c1-2-12-23-18(15-7-9-16(20)10-8-15)14-25-19(23)22-21-11-3-5-17-6-4-13-24-17/h2-11,13-14H,1,12H2/b5-3+,21-11+,22-19-. The lowest BCUT2D eigenvalue weighted by atomic mass is 10.2. The number of nitrogens with zero attached hydrogens (tertiary/aromatic N) is 3. The van der Waals surface area contributed by atoms with Gasteiger partial charge in [0, 0.05) is 23.2 Å². The summed E-state index contributed by atoms with van der Waals surface area (Å²) in [6.45, 7) is 4.48. The van der Waals surface area contributed by atoms with Gasteiger partial charge in [-0.05, 0) is 42.0 Å². The number of hydrogen-bond donors (Lipinski definition) is 0. The van der Waals surface area contributed by atoms with E-state index in [1.54, 1.807) is 18.6 Å². The number of allylic oxidation sites excluding steroid dienone is 2. The van der Waals surface area contributed by atoms with Crippen molar-refractivity contribution in [1.29, 1.82) is 0 Å². The zero-order chi connectivity index (χ0) is 17.5. The Kier molecular flexibility index (Phi) is 5.82. The molecule has 126 valence electrons. The van der Waals surface area contributed by atoms with Crippen molar-refractivity contribution in [1.82, 2.24) is 4.57 Å². The second kappa shape index (κ2) is 8.46. The van der Waals surface area contributed by atoms with Gasteiger partial charge in [-0.25, -0.2) is 0 Å². The van der Waals surface area contributed by atoms with Crippen molar-refractivity contribution in [3.8, 4) is 11.3 Å². The molecule has 0 aliphatic rings. The molecule has 0 saturated carbocycles. The van der Waals surface area contributed by atoms with Crippen LogP contribution in [0.1, 0.15) is 5.76 Å². The molecule has 3 rings (SSSR count). The summed E-state index contributed by atoms with van der Waals surface area (Å²) in [5.41, 5.74) is 2.13. The average Bonchev–Trinajstić information content (AvgIpc) is 3.26. The van der Waals surface area contributed by atoms with Gasteiger partial charge in [0.05, 0.1) is 12.0 Å². The molecule has 1 aromatic carbocycles. The minimum atomic E-state index is 0.651. The zero-order valence-corrected chi connectivity index (χ0v) is 15.0. The molecule has 25 heavy (non-hydrogen) atoms. The van der Waals surface area contributed by atoms with Gasteiger partial charge in [0.2, 0.25) is 4.80 Å². The molecule has 0 amide bonds. The minimum Gasteiger partial charge on any atom is -0.465 e. The number of thiazole rings is 1. The lowest BCUT2D eigenvalue weighted by Crippen LogP contribution is -2.14. The first-order chi connectivity index (χ1) is 12.3. The van der Waals surface area contributed by atoms with E-state index in [9.17, 15) is 0 Å². The van der Waals surface area contributed by atoms with Gasteiger partial charge < -0.3 is 8.98 Å². The molecular formula is C19H16ClN3OS. The number of furan rings is 1. The Balaban J connectivity index is 1.85. The Bertz CT molecular complexity index is 947. The van der Waals surface area contributed by atoms with Crippen molar-refractivity contribution in [2.45, 2.75) is 6.54 Å². The third-order valence-electron chi connectivity index (χ3n) is 3.35. The Morgan fingerprint density at radius 3 is 2.80 bits per heavy atom. The van der Waals surface area contributed by atoms with E-state index in [1.165, 1.54) is 11.3 Å². The second-order valence-electron chi connectivity index (χ2n) is 5.05. The van der Waals surface area contributed by atoms with Crippen LogP contribution in [-0.4, -0.2) is 10.8 Å². The molecule has 0 aliphatic carbocycles. The van der Waals surface area contributed by atoms with Crippen LogP contribution in [0.4, 0.5) is 0 Å². The first kappa shape index (κ1) is 17.2. The topological polar surface area (TPSA) is 42.8 Å². The van der Waals surface area contributed by atoms with Gasteiger partial charge >= 0.3 is 0 Å². The second-order valence-corrected chi connectivity index (χ2v) is 6.32. The summed E-state index contributed by atoms with van der Waals surface area (Å²) in [6, 6.07) is 11.4. The van der Waals surface area contributed by atoms with E-state index in [2.05, 4.69) is 26.7 Å². The summed E-state index contributed by atoms with van der Waals surface area (Å²) in [4.78, 5) is 0.799. The van der Waals surface area contributed by atoms with Crippen LogP contribution in [0.25, 0.3) is 17.3 Å². The van der Waals surface area contributed by atoms with Crippen LogP contribution < -0.4 is 4.80 Å². The number of rotatable bonds is 6. The van der Waals surface area contributed by atoms with E-state index < -0.39 is 0 Å². The van der Waals surface area contributed by atoms with E-state index in [1.807, 2.05) is 48.6 Å².